The van der Waals surface area contributed by atoms with E-state index in [1.54, 1.807) is 0 Å². The summed E-state index contributed by atoms with van der Waals surface area (Å²) in [5.41, 5.74) is 5.76. The molecule has 1 saturated carbocycles. The lowest BCUT2D eigenvalue weighted by Gasteiger charge is -2.31. The van der Waals surface area contributed by atoms with Gasteiger partial charge in [-0.15, -0.1) is 12.3 Å². The summed E-state index contributed by atoms with van der Waals surface area (Å²) in [5, 5.41) is 0. The molecule has 2 N–H and O–H groups in total. The van der Waals surface area contributed by atoms with Gasteiger partial charge in [0.2, 0.25) is 5.92 Å². The van der Waals surface area contributed by atoms with Gasteiger partial charge in [0.15, 0.2) is 0 Å². The zero-order valence-electron chi connectivity index (χ0n) is 7.60. The van der Waals surface area contributed by atoms with Crippen LogP contribution < -0.4 is 5.73 Å². The summed E-state index contributed by atoms with van der Waals surface area (Å²) in [4.78, 5) is 0. The Bertz CT molecular complexity index is 197. The average molecular weight is 187 g/mol. The first kappa shape index (κ1) is 10.5. The fraction of sp³-hybridized carbons (Fsp3) is 0.800. The lowest BCUT2D eigenvalue weighted by Crippen LogP contribution is -2.35. The molecule has 0 radical (unpaired) electrons. The van der Waals surface area contributed by atoms with Crippen LogP contribution in [0.15, 0.2) is 0 Å². The molecule has 1 atom stereocenters. The van der Waals surface area contributed by atoms with Crippen molar-refractivity contribution < 1.29 is 8.78 Å². The second kappa shape index (κ2) is 4.06. The van der Waals surface area contributed by atoms with Crippen molar-refractivity contribution in [2.45, 2.75) is 44.1 Å². The first-order chi connectivity index (χ1) is 6.05. The van der Waals surface area contributed by atoms with Gasteiger partial charge in [-0.2, -0.15) is 0 Å². The molecule has 0 heterocycles. The van der Waals surface area contributed by atoms with Crippen molar-refractivity contribution >= 4 is 0 Å². The van der Waals surface area contributed by atoms with E-state index in [4.69, 9.17) is 12.2 Å². The molecule has 13 heavy (non-hydrogen) atoms. The minimum absolute atomic E-state index is 0.0318. The minimum atomic E-state index is -2.47. The molecule has 0 aromatic heterocycles. The molecule has 0 aromatic carbocycles. The summed E-state index contributed by atoms with van der Waals surface area (Å²) in [6, 6.07) is -0.0962. The molecule has 1 aliphatic carbocycles. The van der Waals surface area contributed by atoms with E-state index in [1.165, 1.54) is 0 Å². The maximum absolute atomic E-state index is 12.7. The second-order valence-corrected chi connectivity index (χ2v) is 3.77. The lowest BCUT2D eigenvalue weighted by molar-refractivity contribution is -0.0480. The van der Waals surface area contributed by atoms with Gasteiger partial charge in [-0.1, -0.05) is 0 Å². The maximum atomic E-state index is 12.7. The number of rotatable bonds is 2. The van der Waals surface area contributed by atoms with E-state index < -0.39 is 5.92 Å². The summed E-state index contributed by atoms with van der Waals surface area (Å²) in [7, 11) is 0. The smallest absolute Gasteiger partial charge is 0.248 e. The van der Waals surface area contributed by atoms with Crippen molar-refractivity contribution in [1.82, 2.24) is 0 Å². The molecule has 74 valence electrons. The Kier molecular flexibility index (Phi) is 3.27. The zero-order valence-corrected chi connectivity index (χ0v) is 7.60. The van der Waals surface area contributed by atoms with E-state index in [2.05, 4.69) is 5.92 Å². The highest BCUT2D eigenvalue weighted by molar-refractivity contribution is 4.93. The predicted molar refractivity (Wildman–Crippen MR) is 48.3 cm³/mol. The monoisotopic (exact) mass is 187 g/mol. The molecule has 1 rings (SSSR count). The van der Waals surface area contributed by atoms with Crippen LogP contribution in [0.3, 0.4) is 0 Å². The SMILES string of the molecule is C#CCC(N)C1CCC(F)(F)CC1. The number of halogens is 2. The van der Waals surface area contributed by atoms with Gasteiger partial charge in [-0.3, -0.25) is 0 Å². The molecular formula is C10H15F2N. The van der Waals surface area contributed by atoms with Gasteiger partial charge >= 0.3 is 0 Å². The van der Waals surface area contributed by atoms with Gasteiger partial charge in [0.1, 0.15) is 0 Å². The van der Waals surface area contributed by atoms with Crippen molar-refractivity contribution in [3.63, 3.8) is 0 Å². The van der Waals surface area contributed by atoms with Crippen LogP contribution in [0.2, 0.25) is 0 Å². The second-order valence-electron chi connectivity index (χ2n) is 3.77. The number of terminal acetylenes is 1. The van der Waals surface area contributed by atoms with Crippen molar-refractivity contribution in [2.24, 2.45) is 11.7 Å². The number of hydrogen-bond acceptors (Lipinski definition) is 1. The van der Waals surface area contributed by atoms with E-state index in [0.717, 1.165) is 0 Å². The van der Waals surface area contributed by atoms with Crippen LogP contribution in [-0.4, -0.2) is 12.0 Å². The third kappa shape index (κ3) is 2.96. The topological polar surface area (TPSA) is 26.0 Å². The molecule has 0 amide bonds. The maximum Gasteiger partial charge on any atom is 0.248 e. The Morgan fingerprint density at radius 3 is 2.46 bits per heavy atom. The third-order valence-electron chi connectivity index (χ3n) is 2.72. The highest BCUT2D eigenvalue weighted by Gasteiger charge is 2.36. The summed E-state index contributed by atoms with van der Waals surface area (Å²) < 4.78 is 25.5. The van der Waals surface area contributed by atoms with E-state index >= 15 is 0 Å². The van der Waals surface area contributed by atoms with Gasteiger partial charge in [0.05, 0.1) is 0 Å². The molecule has 0 aromatic rings. The van der Waals surface area contributed by atoms with Crippen LogP contribution in [0.4, 0.5) is 8.78 Å². The highest BCUT2D eigenvalue weighted by atomic mass is 19.3. The Balaban J connectivity index is 2.37. The quantitative estimate of drug-likeness (QED) is 0.659. The Labute approximate surface area is 77.7 Å². The molecule has 3 heteroatoms. The average Bonchev–Trinajstić information content (AvgIpc) is 2.04. The van der Waals surface area contributed by atoms with E-state index in [9.17, 15) is 8.78 Å². The molecule has 1 aliphatic rings. The largest absolute Gasteiger partial charge is 0.327 e. The van der Waals surface area contributed by atoms with Gasteiger partial charge in [-0.25, -0.2) is 8.78 Å². The molecule has 0 aliphatic heterocycles. The first-order valence-corrected chi connectivity index (χ1v) is 4.62. The van der Waals surface area contributed by atoms with Gasteiger partial charge < -0.3 is 5.73 Å². The zero-order chi connectivity index (χ0) is 9.90. The molecule has 1 unspecified atom stereocenters. The fourth-order valence-corrected chi connectivity index (χ4v) is 1.79. The van der Waals surface area contributed by atoms with Gasteiger partial charge in [-0.05, 0) is 18.8 Å². The van der Waals surface area contributed by atoms with E-state index in [1.807, 2.05) is 0 Å². The number of alkyl halides is 2. The lowest BCUT2D eigenvalue weighted by atomic mass is 9.81. The van der Waals surface area contributed by atoms with E-state index in [-0.39, 0.29) is 24.8 Å². The first-order valence-electron chi connectivity index (χ1n) is 4.62. The molecule has 1 fully saturated rings. The fourth-order valence-electron chi connectivity index (χ4n) is 1.79. The van der Waals surface area contributed by atoms with Gasteiger partial charge in [0, 0.05) is 25.3 Å². The van der Waals surface area contributed by atoms with Crippen LogP contribution in [0.1, 0.15) is 32.1 Å². The normalized spacial score (nSPS) is 25.1. The Hall–Kier alpha value is -0.620. The standard InChI is InChI=1S/C10H15F2N/c1-2-3-9(13)8-4-6-10(11,12)7-5-8/h1,8-9H,3-7,13H2. The van der Waals surface area contributed by atoms with Crippen molar-refractivity contribution in [1.29, 1.82) is 0 Å². The van der Waals surface area contributed by atoms with Gasteiger partial charge in [0.25, 0.3) is 0 Å². The number of nitrogens with two attached hydrogens (primary N) is 1. The van der Waals surface area contributed by atoms with Crippen LogP contribution in [0.25, 0.3) is 0 Å². The summed E-state index contributed by atoms with van der Waals surface area (Å²) in [6.45, 7) is 0. The third-order valence-corrected chi connectivity index (χ3v) is 2.72. The molecular weight excluding hydrogens is 172 g/mol. The van der Waals surface area contributed by atoms with Crippen molar-refractivity contribution in [3.05, 3.63) is 0 Å². The Morgan fingerprint density at radius 1 is 1.46 bits per heavy atom. The Morgan fingerprint density at radius 2 is 2.00 bits per heavy atom. The van der Waals surface area contributed by atoms with Crippen LogP contribution >= 0.6 is 0 Å². The molecule has 1 nitrogen and oxygen atoms in total. The molecule has 0 bridgehead atoms. The minimum Gasteiger partial charge on any atom is -0.327 e. The van der Waals surface area contributed by atoms with Crippen molar-refractivity contribution in [3.8, 4) is 12.3 Å². The van der Waals surface area contributed by atoms with Crippen LogP contribution in [-0.2, 0) is 0 Å². The molecule has 0 spiro atoms. The number of hydrogen-bond donors (Lipinski definition) is 1. The van der Waals surface area contributed by atoms with Crippen molar-refractivity contribution in [2.75, 3.05) is 0 Å². The predicted octanol–water partition coefficient (Wildman–Crippen LogP) is 2.16. The van der Waals surface area contributed by atoms with Crippen LogP contribution in [0.5, 0.6) is 0 Å². The summed E-state index contributed by atoms with van der Waals surface area (Å²) in [5.74, 6) is 0.198. The van der Waals surface area contributed by atoms with Crippen LogP contribution in [0, 0.1) is 18.3 Å². The summed E-state index contributed by atoms with van der Waals surface area (Å²) in [6.07, 6.45) is 6.56. The summed E-state index contributed by atoms with van der Waals surface area (Å²) >= 11 is 0. The highest BCUT2D eigenvalue weighted by Crippen LogP contribution is 2.37. The molecule has 0 saturated heterocycles. The van der Waals surface area contributed by atoms with E-state index in [0.29, 0.717) is 19.3 Å².